The molecule has 0 radical (unpaired) electrons. The third-order valence-corrected chi connectivity index (χ3v) is 5.67. The van der Waals surface area contributed by atoms with Gasteiger partial charge in [0.2, 0.25) is 0 Å². The Hall–Kier alpha value is -1.94. The molecule has 4 heteroatoms. The van der Waals surface area contributed by atoms with Crippen LogP contribution in [0.3, 0.4) is 0 Å². The number of aromatic nitrogens is 1. The standard InChI is InChI=1S/C20H25N3O/c1-13-4-7-19-16(8-13)9-18(14(2)21-19)20(24)23-11-15-5-6-17(12-23)22(3)10-15/h4,7-9,15,17H,5-6,10-12H2,1-3H3/t15-,17-/m1/s1. The van der Waals surface area contributed by atoms with Gasteiger partial charge in [0.1, 0.15) is 0 Å². The van der Waals surface area contributed by atoms with Crippen LogP contribution in [0, 0.1) is 19.8 Å². The molecule has 0 aliphatic carbocycles. The van der Waals surface area contributed by atoms with Crippen LogP contribution in [-0.2, 0) is 0 Å². The molecule has 5 rings (SSSR count). The molecule has 0 N–H and O–H groups in total. The van der Waals surface area contributed by atoms with E-state index >= 15 is 0 Å². The molecule has 4 heterocycles. The van der Waals surface area contributed by atoms with E-state index in [9.17, 15) is 4.79 Å². The first-order valence-corrected chi connectivity index (χ1v) is 8.89. The lowest BCUT2D eigenvalue weighted by atomic mass is 9.96. The molecule has 1 aromatic carbocycles. The van der Waals surface area contributed by atoms with Gasteiger partial charge in [0.15, 0.2) is 0 Å². The van der Waals surface area contributed by atoms with Gasteiger partial charge in [-0.25, -0.2) is 0 Å². The number of hydrogen-bond donors (Lipinski definition) is 0. The van der Waals surface area contributed by atoms with Crippen molar-refractivity contribution in [3.05, 3.63) is 41.1 Å². The molecule has 0 unspecified atom stereocenters. The summed E-state index contributed by atoms with van der Waals surface area (Å²) in [4.78, 5) is 22.4. The molecule has 1 amide bonds. The van der Waals surface area contributed by atoms with Gasteiger partial charge in [-0.1, -0.05) is 11.6 Å². The molecule has 1 aromatic heterocycles. The predicted molar refractivity (Wildman–Crippen MR) is 96.3 cm³/mol. The van der Waals surface area contributed by atoms with Gasteiger partial charge in [0, 0.05) is 31.1 Å². The van der Waals surface area contributed by atoms with Crippen molar-refractivity contribution in [2.75, 3.05) is 26.7 Å². The highest BCUT2D eigenvalue weighted by atomic mass is 16.2. The van der Waals surface area contributed by atoms with E-state index in [4.69, 9.17) is 0 Å². The second-order valence-corrected chi connectivity index (χ2v) is 7.56. The molecule has 2 aromatic rings. The van der Waals surface area contributed by atoms with E-state index in [1.54, 1.807) is 0 Å². The number of carbonyl (C=O) groups is 1. The van der Waals surface area contributed by atoms with Crippen LogP contribution in [-0.4, -0.2) is 53.4 Å². The Labute approximate surface area is 143 Å². The van der Waals surface area contributed by atoms with Crippen molar-refractivity contribution in [1.82, 2.24) is 14.8 Å². The Balaban J connectivity index is 1.69. The van der Waals surface area contributed by atoms with Crippen LogP contribution in [0.25, 0.3) is 10.9 Å². The summed E-state index contributed by atoms with van der Waals surface area (Å²) in [6.07, 6.45) is 2.45. The van der Waals surface area contributed by atoms with Crippen LogP contribution in [0.4, 0.5) is 0 Å². The maximum Gasteiger partial charge on any atom is 0.255 e. The second kappa shape index (κ2) is 5.85. The summed E-state index contributed by atoms with van der Waals surface area (Å²) in [5.41, 5.74) is 3.75. The van der Waals surface area contributed by atoms with E-state index < -0.39 is 0 Å². The maximum absolute atomic E-state index is 13.2. The molecule has 2 atom stereocenters. The number of amides is 1. The predicted octanol–water partition coefficient (Wildman–Crippen LogP) is 3.02. The Morgan fingerprint density at radius 1 is 1.12 bits per heavy atom. The van der Waals surface area contributed by atoms with Crippen LogP contribution < -0.4 is 0 Å². The second-order valence-electron chi connectivity index (χ2n) is 7.56. The van der Waals surface area contributed by atoms with Gasteiger partial charge < -0.3 is 9.80 Å². The minimum atomic E-state index is 0.149. The summed E-state index contributed by atoms with van der Waals surface area (Å²) in [7, 11) is 2.19. The molecule has 3 aliphatic rings. The lowest BCUT2D eigenvalue weighted by Gasteiger charge is -2.32. The molecule has 0 spiro atoms. The summed E-state index contributed by atoms with van der Waals surface area (Å²) in [5, 5.41) is 1.05. The minimum absolute atomic E-state index is 0.149. The number of hydrogen-bond acceptors (Lipinski definition) is 3. The summed E-state index contributed by atoms with van der Waals surface area (Å²) < 4.78 is 0. The molecule has 3 aliphatic heterocycles. The molecule has 3 fully saturated rings. The van der Waals surface area contributed by atoms with Gasteiger partial charge in [-0.05, 0) is 57.9 Å². The van der Waals surface area contributed by atoms with Crippen molar-refractivity contribution < 1.29 is 4.79 Å². The molecule has 0 saturated carbocycles. The fourth-order valence-electron chi connectivity index (χ4n) is 4.26. The Kier molecular flexibility index (Phi) is 3.80. The molecule has 2 bridgehead atoms. The first kappa shape index (κ1) is 15.6. The number of nitrogens with zero attached hydrogens (tertiary/aromatic N) is 3. The van der Waals surface area contributed by atoms with Gasteiger partial charge in [-0.3, -0.25) is 9.78 Å². The summed E-state index contributed by atoms with van der Waals surface area (Å²) >= 11 is 0. The van der Waals surface area contributed by atoms with Crippen LogP contribution in [0.2, 0.25) is 0 Å². The van der Waals surface area contributed by atoms with Crippen molar-refractivity contribution in [3.63, 3.8) is 0 Å². The fourth-order valence-corrected chi connectivity index (χ4v) is 4.26. The smallest absolute Gasteiger partial charge is 0.255 e. The average molecular weight is 323 g/mol. The zero-order valence-corrected chi connectivity index (χ0v) is 14.7. The zero-order valence-electron chi connectivity index (χ0n) is 14.7. The van der Waals surface area contributed by atoms with E-state index in [2.05, 4.69) is 40.9 Å². The zero-order chi connectivity index (χ0) is 16.8. The van der Waals surface area contributed by atoms with E-state index in [0.717, 1.165) is 41.8 Å². The number of aryl methyl sites for hydroxylation is 2. The number of rotatable bonds is 1. The van der Waals surface area contributed by atoms with Gasteiger partial charge >= 0.3 is 0 Å². The first-order valence-electron chi connectivity index (χ1n) is 8.89. The van der Waals surface area contributed by atoms with Crippen LogP contribution in [0.1, 0.15) is 34.5 Å². The molecular formula is C20H25N3O. The van der Waals surface area contributed by atoms with Crippen LogP contribution in [0.15, 0.2) is 24.3 Å². The lowest BCUT2D eigenvalue weighted by molar-refractivity contribution is 0.0741. The fraction of sp³-hybridized carbons (Fsp3) is 0.500. The molecule has 3 saturated heterocycles. The van der Waals surface area contributed by atoms with E-state index in [-0.39, 0.29) is 5.91 Å². The third-order valence-electron chi connectivity index (χ3n) is 5.67. The van der Waals surface area contributed by atoms with Gasteiger partial charge in [-0.2, -0.15) is 0 Å². The van der Waals surface area contributed by atoms with Crippen LogP contribution >= 0.6 is 0 Å². The van der Waals surface area contributed by atoms with E-state index in [0.29, 0.717) is 12.0 Å². The largest absolute Gasteiger partial charge is 0.337 e. The quantitative estimate of drug-likeness (QED) is 0.809. The minimum Gasteiger partial charge on any atom is -0.337 e. The highest BCUT2D eigenvalue weighted by Gasteiger charge is 2.35. The lowest BCUT2D eigenvalue weighted by Crippen LogP contribution is -2.42. The monoisotopic (exact) mass is 323 g/mol. The van der Waals surface area contributed by atoms with Gasteiger partial charge in [-0.15, -0.1) is 0 Å². The molecule has 24 heavy (non-hydrogen) atoms. The highest BCUT2D eigenvalue weighted by Crippen LogP contribution is 2.28. The number of likely N-dealkylation sites (N-methyl/N-ethyl adjacent to an activating group) is 1. The Bertz CT molecular complexity index is 801. The van der Waals surface area contributed by atoms with Crippen LogP contribution in [0.5, 0.6) is 0 Å². The Morgan fingerprint density at radius 2 is 1.96 bits per heavy atom. The van der Waals surface area contributed by atoms with Crippen molar-refractivity contribution in [1.29, 1.82) is 0 Å². The summed E-state index contributed by atoms with van der Waals surface area (Å²) in [6.45, 7) is 6.86. The molecular weight excluding hydrogens is 298 g/mol. The van der Waals surface area contributed by atoms with Crippen molar-refractivity contribution in [3.8, 4) is 0 Å². The number of carbonyl (C=O) groups excluding carboxylic acids is 1. The SMILES string of the molecule is Cc1ccc2nc(C)c(C(=O)N3C[C@@H]4CC[C@H](C3)N(C)C4)cc2c1. The third kappa shape index (κ3) is 2.69. The number of piperidine rings is 1. The topological polar surface area (TPSA) is 36.4 Å². The van der Waals surface area contributed by atoms with Gasteiger partial charge in [0.25, 0.3) is 5.91 Å². The average Bonchev–Trinajstić information content (AvgIpc) is 2.85. The number of pyridine rings is 1. The first-order chi connectivity index (χ1) is 11.5. The van der Waals surface area contributed by atoms with Crippen molar-refractivity contribution >= 4 is 16.8 Å². The van der Waals surface area contributed by atoms with E-state index in [1.807, 2.05) is 19.1 Å². The Morgan fingerprint density at radius 3 is 2.75 bits per heavy atom. The molecule has 4 nitrogen and oxygen atoms in total. The maximum atomic E-state index is 13.2. The summed E-state index contributed by atoms with van der Waals surface area (Å²) in [6, 6.07) is 8.75. The molecule has 126 valence electrons. The van der Waals surface area contributed by atoms with Crippen molar-refractivity contribution in [2.24, 2.45) is 5.92 Å². The number of fused-ring (bicyclic) bond motifs is 5. The van der Waals surface area contributed by atoms with Crippen molar-refractivity contribution in [2.45, 2.75) is 32.7 Å². The summed E-state index contributed by atoms with van der Waals surface area (Å²) in [5.74, 6) is 0.754. The van der Waals surface area contributed by atoms with E-state index in [1.165, 1.54) is 18.4 Å². The number of benzene rings is 1. The normalized spacial score (nSPS) is 24.4. The highest BCUT2D eigenvalue weighted by molar-refractivity contribution is 5.98. The van der Waals surface area contributed by atoms with Gasteiger partial charge in [0.05, 0.1) is 16.8 Å².